The molecule has 0 heterocycles. The second-order valence-electron chi connectivity index (χ2n) is 22.2. The second-order valence-corrected chi connectivity index (χ2v) is 23.6. The Balaban J connectivity index is 5.21. The molecule has 74 heavy (non-hydrogen) atoms. The van der Waals surface area contributed by atoms with E-state index in [-0.39, 0.29) is 24.9 Å². The molecule has 0 saturated heterocycles. The molecule has 0 aromatic rings. The molecule has 0 spiro atoms. The zero-order valence-electron chi connectivity index (χ0n) is 49.3. The van der Waals surface area contributed by atoms with Crippen LogP contribution in [0.5, 0.6) is 0 Å². The number of carbonyl (C=O) groups is 2. The molecule has 3 atom stereocenters. The Morgan fingerprint density at radius 2 is 0.878 bits per heavy atom. The van der Waals surface area contributed by atoms with Gasteiger partial charge in [-0.25, -0.2) is 0 Å². The normalized spacial score (nSPS) is 14.1. The third-order valence-electron chi connectivity index (χ3n) is 13.7. The molecular formula is C64H119N2O7P. The van der Waals surface area contributed by atoms with Crippen LogP contribution in [0.4, 0.5) is 0 Å². The number of esters is 1. The third kappa shape index (κ3) is 54.5. The fraction of sp³-hybridized carbons (Fsp3) is 0.812. The predicted molar refractivity (Wildman–Crippen MR) is 316 cm³/mol. The molecule has 9 nitrogen and oxygen atoms in total. The van der Waals surface area contributed by atoms with Crippen LogP contribution in [0.1, 0.15) is 284 Å². The highest BCUT2D eigenvalue weighted by Crippen LogP contribution is 2.38. The van der Waals surface area contributed by atoms with Crippen LogP contribution >= 0.6 is 7.82 Å². The molecule has 3 unspecified atom stereocenters. The van der Waals surface area contributed by atoms with E-state index in [1.165, 1.54) is 173 Å². The number of likely N-dealkylation sites (N-methyl/N-ethyl adjacent to an activating group) is 1. The largest absolute Gasteiger partial charge is 0.756 e. The number of nitrogens with one attached hydrogen (secondary N) is 1. The lowest BCUT2D eigenvalue weighted by Gasteiger charge is -2.30. The summed E-state index contributed by atoms with van der Waals surface area (Å²) in [6.45, 7) is 6.71. The highest BCUT2D eigenvalue weighted by molar-refractivity contribution is 7.45. The molecule has 0 aromatic carbocycles. The highest BCUT2D eigenvalue weighted by Gasteiger charge is 2.27. The Kier molecular flexibility index (Phi) is 52.4. The molecular weight excluding hydrogens is 940 g/mol. The van der Waals surface area contributed by atoms with Crippen molar-refractivity contribution in [1.82, 2.24) is 5.32 Å². The number of unbranched alkanes of at least 4 members (excludes halogenated alkanes) is 34. The van der Waals surface area contributed by atoms with Crippen molar-refractivity contribution in [1.29, 1.82) is 0 Å². The van der Waals surface area contributed by atoms with E-state index in [0.29, 0.717) is 17.4 Å². The van der Waals surface area contributed by atoms with Crippen molar-refractivity contribution in [2.75, 3.05) is 40.9 Å². The van der Waals surface area contributed by atoms with Crippen molar-refractivity contribution in [2.24, 2.45) is 0 Å². The smallest absolute Gasteiger partial charge is 0.306 e. The maximum absolute atomic E-state index is 13.5. The molecule has 0 aliphatic rings. The first-order valence-corrected chi connectivity index (χ1v) is 32.6. The van der Waals surface area contributed by atoms with Gasteiger partial charge < -0.3 is 28.5 Å². The van der Waals surface area contributed by atoms with E-state index in [4.69, 9.17) is 13.8 Å². The molecule has 10 heteroatoms. The van der Waals surface area contributed by atoms with Crippen molar-refractivity contribution in [2.45, 2.75) is 296 Å². The number of carbonyl (C=O) groups excluding carboxylic acids is 2. The van der Waals surface area contributed by atoms with Gasteiger partial charge in [0.15, 0.2) is 0 Å². The summed E-state index contributed by atoms with van der Waals surface area (Å²) in [7, 11) is 1.18. The van der Waals surface area contributed by atoms with Crippen LogP contribution in [0.15, 0.2) is 60.8 Å². The number of allylic oxidation sites excluding steroid dienone is 9. The van der Waals surface area contributed by atoms with Crippen molar-refractivity contribution < 1.29 is 37.3 Å². The summed E-state index contributed by atoms with van der Waals surface area (Å²) in [5.74, 6) is -0.550. The molecule has 0 aliphatic heterocycles. The summed E-state index contributed by atoms with van der Waals surface area (Å²) in [6, 6.07) is -0.895. The third-order valence-corrected chi connectivity index (χ3v) is 14.7. The number of nitrogens with zero attached hydrogens (tertiary/aromatic N) is 1. The van der Waals surface area contributed by atoms with Crippen LogP contribution in [0.25, 0.3) is 0 Å². The lowest BCUT2D eigenvalue weighted by molar-refractivity contribution is -0.870. The van der Waals surface area contributed by atoms with Crippen LogP contribution in [0.3, 0.4) is 0 Å². The molecule has 0 radical (unpaired) electrons. The van der Waals surface area contributed by atoms with Gasteiger partial charge in [0.2, 0.25) is 5.91 Å². The Morgan fingerprint density at radius 3 is 1.32 bits per heavy atom. The maximum Gasteiger partial charge on any atom is 0.306 e. The highest BCUT2D eigenvalue weighted by atomic mass is 31.2. The number of hydrogen-bond donors (Lipinski definition) is 1. The topological polar surface area (TPSA) is 114 Å². The Bertz CT molecular complexity index is 1450. The minimum absolute atomic E-state index is 0.0258. The van der Waals surface area contributed by atoms with Crippen molar-refractivity contribution >= 4 is 19.7 Å². The van der Waals surface area contributed by atoms with Gasteiger partial charge in [0.1, 0.15) is 19.3 Å². The number of phosphoric ester groups is 1. The van der Waals surface area contributed by atoms with E-state index in [2.05, 4.69) is 74.7 Å². The zero-order valence-corrected chi connectivity index (χ0v) is 50.2. The summed E-state index contributed by atoms with van der Waals surface area (Å²) in [5, 5.41) is 3.02. The van der Waals surface area contributed by atoms with E-state index < -0.39 is 26.6 Å². The molecule has 0 fully saturated rings. The number of rotatable bonds is 56. The second kappa shape index (κ2) is 54.1. The van der Waals surface area contributed by atoms with Crippen molar-refractivity contribution in [3.8, 4) is 0 Å². The van der Waals surface area contributed by atoms with E-state index >= 15 is 0 Å². The van der Waals surface area contributed by atoms with Crippen LogP contribution in [-0.2, 0) is 27.9 Å². The lowest BCUT2D eigenvalue weighted by atomic mass is 10.0. The van der Waals surface area contributed by atoms with Crippen molar-refractivity contribution in [3.05, 3.63) is 60.8 Å². The molecule has 0 rings (SSSR count). The van der Waals surface area contributed by atoms with Crippen LogP contribution < -0.4 is 10.2 Å². The SMILES string of the molecule is CC/C=C/C=C/C=C/CCCCCCCCCC(=O)NC(COP(=O)([O-])OCC[N+](C)(C)C)C(/C=C\CCCCCCCCCCCC)OC(=O)CCCCCCCCCCCCC/C=C/CCCCCCCC. The Hall–Kier alpha value is -2.29. The summed E-state index contributed by atoms with van der Waals surface area (Å²) in [6.07, 6.45) is 67.6. The minimum Gasteiger partial charge on any atom is -0.756 e. The van der Waals surface area contributed by atoms with Gasteiger partial charge in [0, 0.05) is 12.8 Å². The maximum atomic E-state index is 13.5. The number of quaternary nitrogens is 1. The number of phosphoric acid groups is 1. The van der Waals surface area contributed by atoms with E-state index in [0.717, 1.165) is 77.0 Å². The minimum atomic E-state index is -4.70. The quantitative estimate of drug-likeness (QED) is 0.0161. The number of hydrogen-bond acceptors (Lipinski definition) is 7. The molecule has 0 saturated carbocycles. The van der Waals surface area contributed by atoms with Gasteiger partial charge in [-0.2, -0.15) is 0 Å². The summed E-state index contributed by atoms with van der Waals surface area (Å²) < 4.78 is 30.3. The van der Waals surface area contributed by atoms with Crippen LogP contribution in [0.2, 0.25) is 0 Å². The van der Waals surface area contributed by atoms with Crippen LogP contribution in [-0.4, -0.2) is 69.4 Å². The van der Waals surface area contributed by atoms with E-state index in [9.17, 15) is 19.0 Å². The van der Waals surface area contributed by atoms with Crippen molar-refractivity contribution in [3.63, 3.8) is 0 Å². The number of amides is 1. The average Bonchev–Trinajstić information content (AvgIpc) is 3.36. The van der Waals surface area contributed by atoms with Gasteiger partial charge in [-0.05, 0) is 76.7 Å². The van der Waals surface area contributed by atoms with Gasteiger partial charge in [-0.1, -0.05) is 255 Å². The monoisotopic (exact) mass is 1060 g/mol. The van der Waals surface area contributed by atoms with Gasteiger partial charge >= 0.3 is 5.97 Å². The summed E-state index contributed by atoms with van der Waals surface area (Å²) >= 11 is 0. The fourth-order valence-electron chi connectivity index (χ4n) is 8.93. The molecule has 1 amide bonds. The molecule has 1 N–H and O–H groups in total. The first kappa shape index (κ1) is 71.7. The predicted octanol–water partition coefficient (Wildman–Crippen LogP) is 18.4. The van der Waals surface area contributed by atoms with Gasteiger partial charge in [0.25, 0.3) is 7.82 Å². The molecule has 0 aliphatic carbocycles. The molecule has 0 aromatic heterocycles. The Morgan fingerprint density at radius 1 is 0.486 bits per heavy atom. The van der Waals surface area contributed by atoms with Gasteiger partial charge in [-0.15, -0.1) is 0 Å². The standard InChI is InChI=1S/C64H119N2O7P/c1-7-10-13-16-19-22-25-28-30-31-32-33-34-35-37-39-42-45-48-51-54-57-64(68)73-62(55-52-49-46-43-40-27-24-21-18-15-12-9-3)61(60-72-74(69,70)71-59-58-66(4,5)6)65-63(67)56-53-50-47-44-41-38-36-29-26-23-20-17-14-11-8-2/h11,14,17,20,23,26,28,30,52,55,61-62H,7-10,12-13,15-16,18-19,21-22,24-25,27,29,31-51,53-54,56-60H2,1-6H3,(H-,65,67,69,70)/b14-11+,20-17+,26-23+,30-28+,55-52-. The first-order valence-electron chi connectivity index (χ1n) is 31.1. The average molecular weight is 1060 g/mol. The summed E-state index contributed by atoms with van der Waals surface area (Å²) in [5.41, 5.74) is 0. The van der Waals surface area contributed by atoms with E-state index in [1.807, 2.05) is 33.3 Å². The zero-order chi connectivity index (χ0) is 54.3. The van der Waals surface area contributed by atoms with Gasteiger partial charge in [0.05, 0.1) is 33.8 Å². The fourth-order valence-corrected chi connectivity index (χ4v) is 9.65. The summed E-state index contributed by atoms with van der Waals surface area (Å²) in [4.78, 5) is 40.0. The first-order chi connectivity index (χ1) is 35.9. The molecule has 432 valence electrons. The lowest BCUT2D eigenvalue weighted by Crippen LogP contribution is -2.47. The Labute approximate surface area is 458 Å². The van der Waals surface area contributed by atoms with Crippen LogP contribution in [0, 0.1) is 0 Å². The number of ether oxygens (including phenoxy) is 1. The molecule has 0 bridgehead atoms. The van der Waals surface area contributed by atoms with Gasteiger partial charge in [-0.3, -0.25) is 14.2 Å². The van der Waals surface area contributed by atoms with E-state index in [1.54, 1.807) is 0 Å².